The second-order valence-electron chi connectivity index (χ2n) is 11.7. The van der Waals surface area contributed by atoms with Crippen molar-refractivity contribution in [3.63, 3.8) is 0 Å². The fourth-order valence-electron chi connectivity index (χ4n) is 6.45. The first-order chi connectivity index (χ1) is 21.9. The molecule has 1 unspecified atom stereocenters. The molecule has 2 heterocycles. The van der Waals surface area contributed by atoms with E-state index in [1.54, 1.807) is 25.1 Å². The summed E-state index contributed by atoms with van der Waals surface area (Å²) in [6.07, 6.45) is 4.35. The minimum absolute atomic E-state index is 0.0872. The molecule has 0 aromatic heterocycles. The van der Waals surface area contributed by atoms with Gasteiger partial charge in [0.2, 0.25) is 5.91 Å². The molecule has 8 heteroatoms. The summed E-state index contributed by atoms with van der Waals surface area (Å²) in [7, 11) is 0. The molecule has 0 spiro atoms. The molecule has 2 aliphatic heterocycles. The van der Waals surface area contributed by atoms with Crippen LogP contribution >= 0.6 is 11.6 Å². The van der Waals surface area contributed by atoms with Crippen molar-refractivity contribution in [3.05, 3.63) is 129 Å². The fourth-order valence-corrected chi connectivity index (χ4v) is 6.65. The van der Waals surface area contributed by atoms with E-state index in [4.69, 9.17) is 16.3 Å². The molecule has 0 aliphatic carbocycles. The van der Waals surface area contributed by atoms with Gasteiger partial charge >= 0.3 is 5.97 Å². The Morgan fingerprint density at radius 1 is 0.956 bits per heavy atom. The standard InChI is InChI=1S/C37H42ClN3O4/c1-26-33(37(43)44)34(29-16-11-17-30(38)24-29)35(32(40-26)25-45-23-22-41-20-9-4-10-21-41)36(42)39-19-18-31(27-12-5-2-6-13-27)28-14-7-3-8-15-28/h2-3,5-8,11-17,24,31,34,40H,4,9-10,18-23,25H2,1H3,(H,39,42)(H,43,44). The molecule has 0 saturated carbocycles. The first-order valence-electron chi connectivity index (χ1n) is 15.8. The lowest BCUT2D eigenvalue weighted by atomic mass is 9.80. The van der Waals surface area contributed by atoms with Crippen molar-refractivity contribution in [1.82, 2.24) is 15.5 Å². The highest BCUT2D eigenvalue weighted by atomic mass is 35.5. The van der Waals surface area contributed by atoms with Gasteiger partial charge in [0, 0.05) is 29.7 Å². The zero-order valence-corrected chi connectivity index (χ0v) is 26.6. The first kappa shape index (κ1) is 32.5. The van der Waals surface area contributed by atoms with Crippen LogP contribution in [0.4, 0.5) is 0 Å². The third-order valence-electron chi connectivity index (χ3n) is 8.67. The number of piperidine rings is 1. The average Bonchev–Trinajstić information content (AvgIpc) is 3.05. The van der Waals surface area contributed by atoms with Crippen molar-refractivity contribution in [3.8, 4) is 0 Å². The van der Waals surface area contributed by atoms with Crippen LogP contribution in [0.25, 0.3) is 0 Å². The van der Waals surface area contributed by atoms with Gasteiger partial charge in [-0.2, -0.15) is 0 Å². The van der Waals surface area contributed by atoms with Crippen LogP contribution in [0.1, 0.15) is 61.1 Å². The number of carbonyl (C=O) groups excluding carboxylic acids is 1. The highest BCUT2D eigenvalue weighted by Gasteiger charge is 2.37. The van der Waals surface area contributed by atoms with Crippen molar-refractivity contribution in [1.29, 1.82) is 0 Å². The molecule has 1 saturated heterocycles. The number of carboxylic acids is 1. The van der Waals surface area contributed by atoms with Gasteiger partial charge in [0.1, 0.15) is 0 Å². The van der Waals surface area contributed by atoms with Gasteiger partial charge in [0.05, 0.1) is 36.0 Å². The lowest BCUT2D eigenvalue weighted by molar-refractivity contribution is -0.133. The number of likely N-dealkylation sites (tertiary alicyclic amines) is 1. The number of ether oxygens (including phenoxy) is 1. The summed E-state index contributed by atoms with van der Waals surface area (Å²) in [4.78, 5) is 29.2. The summed E-state index contributed by atoms with van der Waals surface area (Å²) in [6, 6.07) is 27.6. The van der Waals surface area contributed by atoms with Crippen molar-refractivity contribution in [2.75, 3.05) is 39.4 Å². The molecule has 5 rings (SSSR count). The minimum Gasteiger partial charge on any atom is -0.478 e. The summed E-state index contributed by atoms with van der Waals surface area (Å²) in [6.45, 7) is 5.78. The summed E-state index contributed by atoms with van der Waals surface area (Å²) >= 11 is 6.38. The largest absolute Gasteiger partial charge is 0.478 e. The van der Waals surface area contributed by atoms with E-state index in [0.29, 0.717) is 47.1 Å². The summed E-state index contributed by atoms with van der Waals surface area (Å²) in [5.41, 5.74) is 4.49. The van der Waals surface area contributed by atoms with Gasteiger partial charge in [-0.1, -0.05) is 90.8 Å². The number of allylic oxidation sites excluding steroid dienone is 1. The monoisotopic (exact) mass is 627 g/mol. The predicted octanol–water partition coefficient (Wildman–Crippen LogP) is 6.48. The Morgan fingerprint density at radius 2 is 1.62 bits per heavy atom. The highest BCUT2D eigenvalue weighted by Crippen LogP contribution is 2.39. The smallest absolute Gasteiger partial charge is 0.334 e. The molecule has 7 nitrogen and oxygen atoms in total. The quantitative estimate of drug-likeness (QED) is 0.188. The predicted molar refractivity (Wildman–Crippen MR) is 178 cm³/mol. The number of aliphatic carboxylic acids is 1. The Balaban J connectivity index is 1.40. The number of dihydropyridines is 1. The van der Waals surface area contributed by atoms with Crippen LogP contribution in [-0.4, -0.2) is 61.3 Å². The molecule has 1 amide bonds. The van der Waals surface area contributed by atoms with Crippen LogP contribution in [-0.2, 0) is 14.3 Å². The van der Waals surface area contributed by atoms with E-state index in [1.807, 2.05) is 42.5 Å². The van der Waals surface area contributed by atoms with E-state index in [1.165, 1.54) is 30.4 Å². The molecule has 3 aromatic rings. The molecule has 3 aromatic carbocycles. The Morgan fingerprint density at radius 3 is 2.24 bits per heavy atom. The maximum absolute atomic E-state index is 14.2. The summed E-state index contributed by atoms with van der Waals surface area (Å²) in [5.74, 6) is -2.15. The van der Waals surface area contributed by atoms with Crippen LogP contribution in [0.2, 0.25) is 5.02 Å². The third kappa shape index (κ3) is 8.42. The van der Waals surface area contributed by atoms with Crippen LogP contribution in [0.5, 0.6) is 0 Å². The molecule has 1 fully saturated rings. The van der Waals surface area contributed by atoms with E-state index in [2.05, 4.69) is 39.8 Å². The number of carbonyl (C=O) groups is 2. The molecule has 1 atom stereocenters. The summed E-state index contributed by atoms with van der Waals surface area (Å²) < 4.78 is 6.13. The van der Waals surface area contributed by atoms with Crippen molar-refractivity contribution >= 4 is 23.5 Å². The molecule has 0 radical (unpaired) electrons. The molecule has 2 aliphatic rings. The number of rotatable bonds is 13. The Bertz CT molecular complexity index is 1480. The van der Waals surface area contributed by atoms with E-state index in [-0.39, 0.29) is 24.0 Å². The topological polar surface area (TPSA) is 90.9 Å². The summed E-state index contributed by atoms with van der Waals surface area (Å²) in [5, 5.41) is 17.2. The average molecular weight is 628 g/mol. The van der Waals surface area contributed by atoms with Gasteiger partial charge < -0.3 is 25.4 Å². The van der Waals surface area contributed by atoms with Gasteiger partial charge in [-0.05, 0) is 68.1 Å². The van der Waals surface area contributed by atoms with E-state index >= 15 is 0 Å². The molecule has 236 valence electrons. The van der Waals surface area contributed by atoms with Crippen molar-refractivity contribution in [2.24, 2.45) is 0 Å². The van der Waals surface area contributed by atoms with Crippen LogP contribution in [0.15, 0.2) is 107 Å². The van der Waals surface area contributed by atoms with E-state index in [9.17, 15) is 14.7 Å². The van der Waals surface area contributed by atoms with Crippen LogP contribution in [0, 0.1) is 0 Å². The molecule has 0 bridgehead atoms. The first-order valence-corrected chi connectivity index (χ1v) is 16.2. The van der Waals surface area contributed by atoms with Gasteiger partial charge in [-0.25, -0.2) is 4.79 Å². The van der Waals surface area contributed by atoms with E-state index < -0.39 is 11.9 Å². The van der Waals surface area contributed by atoms with Gasteiger partial charge in [-0.3, -0.25) is 4.79 Å². The third-order valence-corrected chi connectivity index (χ3v) is 8.91. The van der Waals surface area contributed by atoms with Gasteiger partial charge in [0.15, 0.2) is 0 Å². The minimum atomic E-state index is -1.09. The maximum atomic E-state index is 14.2. The molecular formula is C37H42ClN3O4. The SMILES string of the molecule is CC1=C(C(=O)O)C(c2cccc(Cl)c2)C(C(=O)NCCC(c2ccccc2)c2ccccc2)=C(COCCN2CCCCC2)N1. The number of carboxylic acid groups (broad SMARTS) is 1. The number of hydrogen-bond donors (Lipinski definition) is 3. The number of nitrogens with one attached hydrogen (secondary N) is 2. The normalized spacial score (nSPS) is 17.4. The highest BCUT2D eigenvalue weighted by molar-refractivity contribution is 6.30. The van der Waals surface area contributed by atoms with Gasteiger partial charge in [0.25, 0.3) is 0 Å². The Labute approximate surface area is 270 Å². The molecule has 3 N–H and O–H groups in total. The van der Waals surface area contributed by atoms with Crippen LogP contribution in [0.3, 0.4) is 0 Å². The number of nitrogens with zero attached hydrogens (tertiary/aromatic N) is 1. The lowest BCUT2D eigenvalue weighted by Crippen LogP contribution is -2.39. The number of amides is 1. The lowest BCUT2D eigenvalue weighted by Gasteiger charge is -2.32. The molecular weight excluding hydrogens is 586 g/mol. The Hall–Kier alpha value is -3.91. The Kier molecular flexibility index (Phi) is 11.5. The number of halogens is 1. The van der Waals surface area contributed by atoms with Crippen molar-refractivity contribution < 1.29 is 19.4 Å². The fraction of sp³-hybridized carbons (Fsp3) is 0.351. The maximum Gasteiger partial charge on any atom is 0.334 e. The zero-order chi connectivity index (χ0) is 31.6. The van der Waals surface area contributed by atoms with Crippen molar-refractivity contribution in [2.45, 2.75) is 44.4 Å². The van der Waals surface area contributed by atoms with E-state index in [0.717, 1.165) is 19.6 Å². The van der Waals surface area contributed by atoms with Crippen LogP contribution < -0.4 is 10.6 Å². The second kappa shape index (κ2) is 15.9. The number of benzene rings is 3. The molecule has 45 heavy (non-hydrogen) atoms. The second-order valence-corrected chi connectivity index (χ2v) is 12.2. The zero-order valence-electron chi connectivity index (χ0n) is 25.8. The van der Waals surface area contributed by atoms with Gasteiger partial charge in [-0.15, -0.1) is 0 Å². The number of hydrogen-bond acceptors (Lipinski definition) is 5.